The molecule has 1 unspecified atom stereocenters. The zero-order chi connectivity index (χ0) is 18.0. The Morgan fingerprint density at radius 3 is 2.56 bits per heavy atom. The second-order valence-electron chi connectivity index (χ2n) is 5.76. The van der Waals surface area contributed by atoms with E-state index in [4.69, 9.17) is 5.11 Å². The fourth-order valence-electron chi connectivity index (χ4n) is 2.73. The molecule has 1 atom stereocenters. The number of aromatic carboxylic acids is 1. The van der Waals surface area contributed by atoms with Crippen molar-refractivity contribution >= 4 is 45.1 Å². The first-order valence-electron chi connectivity index (χ1n) is 7.64. The molecule has 2 amide bonds. The average molecular weight is 403 g/mol. The fraction of sp³-hybridized carbons (Fsp3) is 0.167. The van der Waals surface area contributed by atoms with Gasteiger partial charge >= 0.3 is 5.97 Å². The first-order chi connectivity index (χ1) is 11.9. The lowest BCUT2D eigenvalue weighted by Gasteiger charge is -2.17. The predicted molar refractivity (Wildman–Crippen MR) is 96.6 cm³/mol. The van der Waals surface area contributed by atoms with Crippen molar-refractivity contribution in [2.45, 2.75) is 6.42 Å². The lowest BCUT2D eigenvalue weighted by atomic mass is 10.1. The van der Waals surface area contributed by atoms with E-state index in [0.717, 1.165) is 10.2 Å². The third-order valence-corrected chi connectivity index (χ3v) is 4.54. The van der Waals surface area contributed by atoms with Crippen LogP contribution in [0.5, 0.6) is 0 Å². The highest BCUT2D eigenvalue weighted by Crippen LogP contribution is 2.27. The highest BCUT2D eigenvalue weighted by Gasteiger charge is 2.35. The Labute approximate surface area is 152 Å². The molecular formula is C18H15BrN2O4. The van der Waals surface area contributed by atoms with Crippen molar-refractivity contribution in [3.05, 3.63) is 58.6 Å². The number of nitrogens with zero attached hydrogens (tertiary/aromatic N) is 1. The number of nitrogens with one attached hydrogen (secondary N) is 1. The fourth-order valence-corrected chi connectivity index (χ4v) is 2.99. The molecule has 2 aromatic rings. The summed E-state index contributed by atoms with van der Waals surface area (Å²) in [5, 5.41) is 11.7. The molecule has 0 aliphatic carbocycles. The predicted octanol–water partition coefficient (Wildman–Crippen LogP) is 3.14. The van der Waals surface area contributed by atoms with Crippen LogP contribution in [0.3, 0.4) is 0 Å². The standard InChI is InChI=1S/C18H15BrN2O4/c19-13-4-6-15(7-5-13)21-10-12(9-16(21)22)17(23)20-14-3-1-2-11(8-14)18(24)25/h1-8,12H,9-10H2,(H,20,23)(H,24,25). The number of benzene rings is 2. The molecule has 1 heterocycles. The number of amides is 2. The van der Waals surface area contributed by atoms with E-state index in [-0.39, 0.29) is 23.8 Å². The van der Waals surface area contributed by atoms with Crippen LogP contribution in [0.4, 0.5) is 11.4 Å². The number of anilines is 2. The van der Waals surface area contributed by atoms with E-state index in [9.17, 15) is 14.4 Å². The van der Waals surface area contributed by atoms with Gasteiger partial charge in [-0.25, -0.2) is 4.79 Å². The molecule has 0 saturated carbocycles. The van der Waals surface area contributed by atoms with Gasteiger partial charge in [0.25, 0.3) is 0 Å². The Hall–Kier alpha value is -2.67. The third-order valence-electron chi connectivity index (χ3n) is 4.01. The maximum absolute atomic E-state index is 12.4. The van der Waals surface area contributed by atoms with Gasteiger partial charge < -0.3 is 15.3 Å². The summed E-state index contributed by atoms with van der Waals surface area (Å²) in [6, 6.07) is 13.3. The topological polar surface area (TPSA) is 86.7 Å². The molecule has 1 aliphatic heterocycles. The van der Waals surface area contributed by atoms with Gasteiger partial charge in [0.2, 0.25) is 11.8 Å². The highest BCUT2D eigenvalue weighted by atomic mass is 79.9. The first-order valence-corrected chi connectivity index (χ1v) is 8.43. The van der Waals surface area contributed by atoms with Crippen LogP contribution < -0.4 is 10.2 Å². The van der Waals surface area contributed by atoms with Gasteiger partial charge in [0, 0.05) is 28.8 Å². The van der Waals surface area contributed by atoms with Crippen LogP contribution in [0.15, 0.2) is 53.0 Å². The van der Waals surface area contributed by atoms with Crippen LogP contribution >= 0.6 is 15.9 Å². The van der Waals surface area contributed by atoms with Gasteiger partial charge in [0.05, 0.1) is 11.5 Å². The average Bonchev–Trinajstić information content (AvgIpc) is 2.98. The zero-order valence-corrected chi connectivity index (χ0v) is 14.7. The lowest BCUT2D eigenvalue weighted by Crippen LogP contribution is -2.28. The SMILES string of the molecule is O=C(O)c1cccc(NC(=O)C2CC(=O)N(c3ccc(Br)cc3)C2)c1. The van der Waals surface area contributed by atoms with Gasteiger partial charge in [-0.1, -0.05) is 22.0 Å². The summed E-state index contributed by atoms with van der Waals surface area (Å²) in [6.07, 6.45) is 0.126. The number of carboxylic acid groups (broad SMARTS) is 1. The summed E-state index contributed by atoms with van der Waals surface area (Å²) >= 11 is 3.35. The normalized spacial score (nSPS) is 16.8. The monoisotopic (exact) mass is 402 g/mol. The maximum atomic E-state index is 12.4. The molecule has 1 saturated heterocycles. The van der Waals surface area contributed by atoms with Crippen LogP contribution in [-0.2, 0) is 9.59 Å². The Morgan fingerprint density at radius 1 is 1.16 bits per heavy atom. The largest absolute Gasteiger partial charge is 0.478 e. The summed E-state index contributed by atoms with van der Waals surface area (Å²) in [7, 11) is 0. The van der Waals surface area contributed by atoms with Crippen LogP contribution in [0, 0.1) is 5.92 Å². The molecule has 7 heteroatoms. The molecule has 1 aliphatic rings. The van der Waals surface area contributed by atoms with E-state index in [0.29, 0.717) is 12.2 Å². The number of rotatable bonds is 4. The molecule has 3 rings (SSSR count). The minimum atomic E-state index is -1.06. The van der Waals surface area contributed by atoms with Crippen molar-refractivity contribution < 1.29 is 19.5 Å². The van der Waals surface area contributed by atoms with E-state index < -0.39 is 11.9 Å². The highest BCUT2D eigenvalue weighted by molar-refractivity contribution is 9.10. The molecule has 1 fully saturated rings. The molecule has 128 valence electrons. The minimum Gasteiger partial charge on any atom is -0.478 e. The van der Waals surface area contributed by atoms with Crippen LogP contribution in [0.2, 0.25) is 0 Å². The Kier molecular flexibility index (Phi) is 4.85. The molecule has 0 spiro atoms. The van der Waals surface area contributed by atoms with Gasteiger partial charge in [0.15, 0.2) is 0 Å². The van der Waals surface area contributed by atoms with E-state index in [1.807, 2.05) is 24.3 Å². The van der Waals surface area contributed by atoms with Crippen molar-refractivity contribution in [2.24, 2.45) is 5.92 Å². The number of carbonyl (C=O) groups excluding carboxylic acids is 2. The van der Waals surface area contributed by atoms with Crippen molar-refractivity contribution in [2.75, 3.05) is 16.8 Å². The van der Waals surface area contributed by atoms with E-state index in [2.05, 4.69) is 21.2 Å². The summed E-state index contributed by atoms with van der Waals surface area (Å²) in [5.41, 5.74) is 1.24. The minimum absolute atomic E-state index is 0.0942. The molecular weight excluding hydrogens is 388 g/mol. The Morgan fingerprint density at radius 2 is 1.88 bits per heavy atom. The molecule has 0 bridgehead atoms. The van der Waals surface area contributed by atoms with E-state index in [1.165, 1.54) is 12.1 Å². The molecule has 2 N–H and O–H groups in total. The van der Waals surface area contributed by atoms with Gasteiger partial charge in [-0.05, 0) is 42.5 Å². The second-order valence-corrected chi connectivity index (χ2v) is 6.67. The third kappa shape index (κ3) is 3.88. The summed E-state index contributed by atoms with van der Waals surface area (Å²) in [4.78, 5) is 37.2. The van der Waals surface area contributed by atoms with Crippen LogP contribution in [-0.4, -0.2) is 29.4 Å². The van der Waals surface area contributed by atoms with Gasteiger partial charge in [-0.3, -0.25) is 9.59 Å². The first kappa shape index (κ1) is 17.2. The van der Waals surface area contributed by atoms with E-state index in [1.54, 1.807) is 17.0 Å². The van der Waals surface area contributed by atoms with Crippen LogP contribution in [0.25, 0.3) is 0 Å². The zero-order valence-electron chi connectivity index (χ0n) is 13.1. The van der Waals surface area contributed by atoms with Crippen molar-refractivity contribution in [1.82, 2.24) is 0 Å². The van der Waals surface area contributed by atoms with Crippen molar-refractivity contribution in [1.29, 1.82) is 0 Å². The second kappa shape index (κ2) is 7.06. The number of hydrogen-bond donors (Lipinski definition) is 2. The molecule has 0 radical (unpaired) electrons. The van der Waals surface area contributed by atoms with Crippen LogP contribution in [0.1, 0.15) is 16.8 Å². The van der Waals surface area contributed by atoms with Gasteiger partial charge in [0.1, 0.15) is 0 Å². The van der Waals surface area contributed by atoms with Gasteiger partial charge in [-0.15, -0.1) is 0 Å². The number of hydrogen-bond acceptors (Lipinski definition) is 3. The lowest BCUT2D eigenvalue weighted by molar-refractivity contribution is -0.122. The number of halogens is 1. The van der Waals surface area contributed by atoms with Gasteiger partial charge in [-0.2, -0.15) is 0 Å². The Bertz CT molecular complexity index is 835. The van der Waals surface area contributed by atoms with Crippen molar-refractivity contribution in [3.63, 3.8) is 0 Å². The maximum Gasteiger partial charge on any atom is 0.335 e. The Balaban J connectivity index is 1.69. The van der Waals surface area contributed by atoms with E-state index >= 15 is 0 Å². The number of carbonyl (C=O) groups is 3. The summed E-state index contributed by atoms with van der Waals surface area (Å²) in [5.74, 6) is -1.95. The summed E-state index contributed by atoms with van der Waals surface area (Å²) in [6.45, 7) is 0.297. The summed E-state index contributed by atoms with van der Waals surface area (Å²) < 4.78 is 0.913. The molecule has 6 nitrogen and oxygen atoms in total. The van der Waals surface area contributed by atoms with Crippen molar-refractivity contribution in [3.8, 4) is 0 Å². The molecule has 25 heavy (non-hydrogen) atoms. The smallest absolute Gasteiger partial charge is 0.335 e. The number of carboxylic acids is 1. The molecule has 0 aromatic heterocycles. The molecule has 2 aromatic carbocycles. The quantitative estimate of drug-likeness (QED) is 0.822.